The van der Waals surface area contributed by atoms with E-state index in [-0.39, 0.29) is 6.07 Å². The SMILES string of the molecule is ClCOc1nc(SCc2c(Cl)cncc2Cl)nc2c1CCC2. The Balaban J connectivity index is 1.82. The molecule has 0 unspecified atom stereocenters. The van der Waals surface area contributed by atoms with Crippen LogP contribution in [0, 0.1) is 0 Å². The fourth-order valence-electron chi connectivity index (χ4n) is 2.32. The van der Waals surface area contributed by atoms with Crippen LogP contribution in [-0.4, -0.2) is 21.0 Å². The molecule has 0 fully saturated rings. The summed E-state index contributed by atoms with van der Waals surface area (Å²) in [6.07, 6.45) is 6.11. The predicted molar refractivity (Wildman–Crippen MR) is 89.2 cm³/mol. The molecule has 22 heavy (non-hydrogen) atoms. The molecular weight excluding hydrogens is 365 g/mol. The monoisotopic (exact) mass is 375 g/mol. The number of alkyl halides is 1. The van der Waals surface area contributed by atoms with Crippen LogP contribution in [-0.2, 0) is 18.6 Å². The van der Waals surface area contributed by atoms with E-state index in [4.69, 9.17) is 39.5 Å². The first kappa shape index (κ1) is 16.1. The molecule has 0 N–H and O–H groups in total. The van der Waals surface area contributed by atoms with Crippen LogP contribution in [0.1, 0.15) is 23.2 Å². The predicted octanol–water partition coefficient (Wildman–Crippen LogP) is 4.53. The van der Waals surface area contributed by atoms with Crippen molar-refractivity contribution in [2.75, 3.05) is 6.07 Å². The van der Waals surface area contributed by atoms with Gasteiger partial charge < -0.3 is 4.74 Å². The molecule has 1 aliphatic rings. The number of hydrogen-bond donors (Lipinski definition) is 0. The fraction of sp³-hybridized carbons (Fsp3) is 0.357. The number of halogens is 3. The lowest BCUT2D eigenvalue weighted by Gasteiger charge is -2.10. The van der Waals surface area contributed by atoms with E-state index in [9.17, 15) is 0 Å². The largest absolute Gasteiger partial charge is 0.461 e. The number of nitrogens with zero attached hydrogens (tertiary/aromatic N) is 3. The zero-order valence-electron chi connectivity index (χ0n) is 11.5. The zero-order valence-corrected chi connectivity index (χ0v) is 14.6. The Kier molecular flexibility index (Phi) is 5.29. The molecule has 8 heteroatoms. The Bertz CT molecular complexity index is 679. The summed E-state index contributed by atoms with van der Waals surface area (Å²) in [7, 11) is 0. The zero-order chi connectivity index (χ0) is 15.5. The van der Waals surface area contributed by atoms with Crippen molar-refractivity contribution in [3.63, 3.8) is 0 Å². The third-order valence-corrected chi connectivity index (χ3v) is 5.00. The summed E-state index contributed by atoms with van der Waals surface area (Å²) in [4.78, 5) is 13.0. The van der Waals surface area contributed by atoms with Gasteiger partial charge in [0.2, 0.25) is 5.88 Å². The van der Waals surface area contributed by atoms with Gasteiger partial charge in [0.05, 0.1) is 15.7 Å². The maximum Gasteiger partial charge on any atom is 0.222 e. The lowest BCUT2D eigenvalue weighted by molar-refractivity contribution is 0.363. The molecule has 116 valence electrons. The molecule has 0 amide bonds. The van der Waals surface area contributed by atoms with Crippen LogP contribution in [0.15, 0.2) is 17.6 Å². The summed E-state index contributed by atoms with van der Waals surface area (Å²) in [5.74, 6) is 1.16. The van der Waals surface area contributed by atoms with Crippen LogP contribution in [0.4, 0.5) is 0 Å². The first-order chi connectivity index (χ1) is 10.7. The molecular formula is C14H12Cl3N3OS. The van der Waals surface area contributed by atoms with E-state index >= 15 is 0 Å². The highest BCUT2D eigenvalue weighted by Crippen LogP contribution is 2.33. The van der Waals surface area contributed by atoms with E-state index in [1.165, 1.54) is 11.8 Å². The van der Waals surface area contributed by atoms with Crippen molar-refractivity contribution < 1.29 is 4.74 Å². The average molecular weight is 377 g/mol. The topological polar surface area (TPSA) is 47.9 Å². The number of hydrogen-bond acceptors (Lipinski definition) is 5. The Labute approximate surface area is 147 Å². The molecule has 3 rings (SSSR count). The maximum absolute atomic E-state index is 6.13. The van der Waals surface area contributed by atoms with E-state index in [0.29, 0.717) is 26.8 Å². The summed E-state index contributed by atoms with van der Waals surface area (Å²) in [5.41, 5.74) is 2.95. The molecule has 0 saturated heterocycles. The highest BCUT2D eigenvalue weighted by molar-refractivity contribution is 7.98. The molecule has 0 aliphatic heterocycles. The van der Waals surface area contributed by atoms with Gasteiger partial charge in [-0.15, -0.1) is 0 Å². The van der Waals surface area contributed by atoms with Gasteiger partial charge in [0.15, 0.2) is 11.2 Å². The molecule has 0 spiro atoms. The van der Waals surface area contributed by atoms with Gasteiger partial charge in [-0.2, -0.15) is 4.98 Å². The smallest absolute Gasteiger partial charge is 0.222 e. The van der Waals surface area contributed by atoms with Gasteiger partial charge in [-0.25, -0.2) is 4.98 Å². The van der Waals surface area contributed by atoms with Crippen LogP contribution in [0.25, 0.3) is 0 Å². The second kappa shape index (κ2) is 7.21. The lowest BCUT2D eigenvalue weighted by Crippen LogP contribution is -2.02. The second-order valence-corrected chi connectivity index (χ2v) is 6.69. The molecule has 0 aromatic carbocycles. The fourth-order valence-corrected chi connectivity index (χ4v) is 3.99. The summed E-state index contributed by atoms with van der Waals surface area (Å²) >= 11 is 19.4. The molecule has 0 bridgehead atoms. The molecule has 2 aromatic rings. The van der Waals surface area contributed by atoms with Crippen LogP contribution in [0.3, 0.4) is 0 Å². The first-order valence-corrected chi connectivity index (χ1v) is 8.96. The summed E-state index contributed by atoms with van der Waals surface area (Å²) in [5, 5.41) is 1.72. The number of rotatable bonds is 5. The second-order valence-electron chi connectivity index (χ2n) is 4.71. The third kappa shape index (κ3) is 3.43. The summed E-state index contributed by atoms with van der Waals surface area (Å²) in [6, 6.07) is 0.0789. The highest BCUT2D eigenvalue weighted by Gasteiger charge is 2.21. The summed E-state index contributed by atoms with van der Waals surface area (Å²) in [6.45, 7) is 0. The quantitative estimate of drug-likeness (QED) is 0.436. The van der Waals surface area contributed by atoms with Crippen molar-refractivity contribution in [3.05, 3.63) is 39.3 Å². The van der Waals surface area contributed by atoms with E-state index in [1.54, 1.807) is 12.4 Å². The Morgan fingerprint density at radius 2 is 1.91 bits per heavy atom. The first-order valence-electron chi connectivity index (χ1n) is 6.68. The van der Waals surface area contributed by atoms with Crippen molar-refractivity contribution >= 4 is 46.6 Å². The number of pyridine rings is 1. The van der Waals surface area contributed by atoms with Crippen molar-refractivity contribution in [3.8, 4) is 5.88 Å². The molecule has 0 atom stereocenters. The van der Waals surface area contributed by atoms with E-state index in [2.05, 4.69) is 15.0 Å². The number of aromatic nitrogens is 3. The van der Waals surface area contributed by atoms with Gasteiger partial charge in [0.25, 0.3) is 0 Å². The Morgan fingerprint density at radius 3 is 2.64 bits per heavy atom. The number of aryl methyl sites for hydroxylation is 1. The van der Waals surface area contributed by atoms with Gasteiger partial charge in [0.1, 0.15) is 0 Å². The maximum atomic E-state index is 6.13. The van der Waals surface area contributed by atoms with Gasteiger partial charge in [-0.1, -0.05) is 46.6 Å². The van der Waals surface area contributed by atoms with Gasteiger partial charge in [0, 0.05) is 29.3 Å². The minimum absolute atomic E-state index is 0.0789. The van der Waals surface area contributed by atoms with Crippen molar-refractivity contribution in [1.82, 2.24) is 15.0 Å². The summed E-state index contributed by atoms with van der Waals surface area (Å²) < 4.78 is 5.43. The molecule has 2 aromatic heterocycles. The molecule has 1 aliphatic carbocycles. The Hall–Kier alpha value is -0.750. The van der Waals surface area contributed by atoms with E-state index < -0.39 is 0 Å². The number of fused-ring (bicyclic) bond motifs is 1. The van der Waals surface area contributed by atoms with E-state index in [1.807, 2.05) is 0 Å². The lowest BCUT2D eigenvalue weighted by atomic mass is 10.2. The van der Waals surface area contributed by atoms with Gasteiger partial charge in [-0.05, 0) is 19.3 Å². The normalized spacial score (nSPS) is 13.2. The standard InChI is InChI=1S/C14H12Cl3N3OS/c15-7-21-13-8-2-1-3-12(8)19-14(20-13)22-6-9-10(16)4-18-5-11(9)17/h4-5H,1-3,6-7H2. The van der Waals surface area contributed by atoms with Crippen molar-refractivity contribution in [1.29, 1.82) is 0 Å². The van der Waals surface area contributed by atoms with Crippen LogP contribution in [0.2, 0.25) is 10.0 Å². The van der Waals surface area contributed by atoms with Gasteiger partial charge >= 0.3 is 0 Å². The molecule has 2 heterocycles. The third-order valence-electron chi connectivity index (χ3n) is 3.36. The van der Waals surface area contributed by atoms with Gasteiger partial charge in [-0.3, -0.25) is 4.98 Å². The average Bonchev–Trinajstić information content (AvgIpc) is 2.96. The van der Waals surface area contributed by atoms with E-state index in [0.717, 1.165) is 36.1 Å². The molecule has 4 nitrogen and oxygen atoms in total. The minimum atomic E-state index is 0.0789. The Morgan fingerprint density at radius 1 is 1.14 bits per heavy atom. The van der Waals surface area contributed by atoms with Crippen LogP contribution >= 0.6 is 46.6 Å². The van der Waals surface area contributed by atoms with Crippen LogP contribution < -0.4 is 4.74 Å². The number of ether oxygens (including phenoxy) is 1. The number of thioether (sulfide) groups is 1. The molecule has 0 saturated carbocycles. The minimum Gasteiger partial charge on any atom is -0.461 e. The van der Waals surface area contributed by atoms with Crippen LogP contribution in [0.5, 0.6) is 5.88 Å². The van der Waals surface area contributed by atoms with Crippen molar-refractivity contribution in [2.24, 2.45) is 0 Å². The highest BCUT2D eigenvalue weighted by atomic mass is 35.5. The van der Waals surface area contributed by atoms with Crippen molar-refractivity contribution in [2.45, 2.75) is 30.2 Å². The molecule has 0 radical (unpaired) electrons.